The van der Waals surface area contributed by atoms with Gasteiger partial charge in [-0.15, -0.1) is 0 Å². The first-order valence-corrected chi connectivity index (χ1v) is 6.66. The Morgan fingerprint density at radius 2 is 2.33 bits per heavy atom. The molecule has 2 aliphatic rings. The van der Waals surface area contributed by atoms with Crippen molar-refractivity contribution in [2.75, 3.05) is 0 Å². The zero-order valence-corrected chi connectivity index (χ0v) is 10.8. The molecule has 1 N–H and O–H groups in total. The third-order valence-corrected chi connectivity index (χ3v) is 4.33. The Hall–Kier alpha value is -1.35. The average molecular weight is 263 g/mol. The van der Waals surface area contributed by atoms with Gasteiger partial charge in [-0.05, 0) is 42.4 Å². The summed E-state index contributed by atoms with van der Waals surface area (Å²) in [6.45, 7) is 0. The van der Waals surface area contributed by atoms with Crippen LogP contribution in [0.25, 0.3) is 0 Å². The second-order valence-corrected chi connectivity index (χ2v) is 5.70. The predicted octanol–water partition coefficient (Wildman–Crippen LogP) is 2.98. The van der Waals surface area contributed by atoms with E-state index in [9.17, 15) is 4.79 Å². The SMILES string of the molecule is O=C(NN=Cc1cccc(Cl)c1)[C@@H]1CC12CCC2. The highest BCUT2D eigenvalue weighted by atomic mass is 35.5. The van der Waals surface area contributed by atoms with Gasteiger partial charge >= 0.3 is 0 Å². The van der Waals surface area contributed by atoms with Gasteiger partial charge in [-0.25, -0.2) is 5.43 Å². The van der Waals surface area contributed by atoms with Gasteiger partial charge in [0.25, 0.3) is 0 Å². The van der Waals surface area contributed by atoms with Crippen molar-refractivity contribution in [1.29, 1.82) is 0 Å². The van der Waals surface area contributed by atoms with Gasteiger partial charge in [0.1, 0.15) is 0 Å². The molecular weight excluding hydrogens is 248 g/mol. The molecule has 1 atom stereocenters. The van der Waals surface area contributed by atoms with Crippen LogP contribution in [0.5, 0.6) is 0 Å². The van der Waals surface area contributed by atoms with Gasteiger partial charge in [0.2, 0.25) is 5.91 Å². The zero-order valence-electron chi connectivity index (χ0n) is 10.0. The number of amides is 1. The second kappa shape index (κ2) is 4.39. The average Bonchev–Trinajstić information content (AvgIpc) is 3.04. The van der Waals surface area contributed by atoms with Crippen molar-refractivity contribution in [1.82, 2.24) is 5.43 Å². The second-order valence-electron chi connectivity index (χ2n) is 5.26. The van der Waals surface area contributed by atoms with Crippen molar-refractivity contribution in [3.8, 4) is 0 Å². The molecule has 2 saturated carbocycles. The molecule has 0 saturated heterocycles. The van der Waals surface area contributed by atoms with Gasteiger partial charge in [0, 0.05) is 10.9 Å². The smallest absolute Gasteiger partial charge is 0.243 e. The Morgan fingerprint density at radius 1 is 1.50 bits per heavy atom. The molecule has 0 radical (unpaired) electrons. The molecule has 0 heterocycles. The third-order valence-electron chi connectivity index (χ3n) is 4.09. The van der Waals surface area contributed by atoms with E-state index in [4.69, 9.17) is 11.6 Å². The van der Waals surface area contributed by atoms with Crippen molar-refractivity contribution < 1.29 is 4.79 Å². The van der Waals surface area contributed by atoms with Crippen LogP contribution in [0.4, 0.5) is 0 Å². The highest BCUT2D eigenvalue weighted by Crippen LogP contribution is 2.65. The van der Waals surface area contributed by atoms with Crippen molar-refractivity contribution in [3.05, 3.63) is 34.9 Å². The van der Waals surface area contributed by atoms with E-state index in [1.807, 2.05) is 24.3 Å². The fourth-order valence-corrected chi connectivity index (χ4v) is 2.94. The molecule has 0 aliphatic heterocycles. The summed E-state index contributed by atoms with van der Waals surface area (Å²) in [5, 5.41) is 4.65. The van der Waals surface area contributed by atoms with Crippen molar-refractivity contribution in [2.45, 2.75) is 25.7 Å². The van der Waals surface area contributed by atoms with Crippen LogP contribution in [0.1, 0.15) is 31.2 Å². The van der Waals surface area contributed by atoms with Crippen LogP contribution in [0.3, 0.4) is 0 Å². The van der Waals surface area contributed by atoms with E-state index in [1.165, 1.54) is 19.3 Å². The quantitative estimate of drug-likeness (QED) is 0.660. The monoisotopic (exact) mass is 262 g/mol. The molecule has 2 aliphatic carbocycles. The summed E-state index contributed by atoms with van der Waals surface area (Å²) in [7, 11) is 0. The van der Waals surface area contributed by atoms with E-state index in [0.717, 1.165) is 12.0 Å². The molecule has 2 fully saturated rings. The van der Waals surface area contributed by atoms with Gasteiger partial charge in [0.15, 0.2) is 0 Å². The van der Waals surface area contributed by atoms with E-state index in [-0.39, 0.29) is 11.8 Å². The van der Waals surface area contributed by atoms with E-state index in [0.29, 0.717) is 10.4 Å². The lowest BCUT2D eigenvalue weighted by Crippen LogP contribution is -2.26. The largest absolute Gasteiger partial charge is 0.273 e. The van der Waals surface area contributed by atoms with E-state index in [2.05, 4.69) is 10.5 Å². The first-order valence-electron chi connectivity index (χ1n) is 6.28. The van der Waals surface area contributed by atoms with Crippen LogP contribution < -0.4 is 5.43 Å². The molecule has 4 heteroatoms. The minimum atomic E-state index is 0.0629. The first-order chi connectivity index (χ1) is 8.70. The Bertz CT molecular complexity index is 508. The number of carbonyl (C=O) groups is 1. The Balaban J connectivity index is 1.53. The molecule has 1 aromatic rings. The standard InChI is InChI=1S/C14H15ClN2O/c15-11-4-1-3-10(7-11)9-16-17-13(18)12-8-14(12)5-2-6-14/h1,3-4,7,9,12H,2,5-6,8H2,(H,17,18)/t12-/m0/s1. The molecule has 0 unspecified atom stereocenters. The van der Waals surface area contributed by atoms with Crippen molar-refractivity contribution in [3.63, 3.8) is 0 Å². The molecule has 94 valence electrons. The lowest BCUT2D eigenvalue weighted by Gasteiger charge is -2.25. The summed E-state index contributed by atoms with van der Waals surface area (Å²) >= 11 is 5.86. The molecule has 0 bridgehead atoms. The van der Waals surface area contributed by atoms with E-state index in [1.54, 1.807) is 6.21 Å². The number of rotatable bonds is 3. The summed E-state index contributed by atoms with van der Waals surface area (Å²) in [5.74, 6) is 0.260. The molecule has 1 amide bonds. The summed E-state index contributed by atoms with van der Waals surface area (Å²) in [6, 6.07) is 7.37. The summed E-state index contributed by atoms with van der Waals surface area (Å²) < 4.78 is 0. The van der Waals surface area contributed by atoms with Gasteiger partial charge in [0.05, 0.1) is 6.21 Å². The molecule has 18 heavy (non-hydrogen) atoms. The number of nitrogens with one attached hydrogen (secondary N) is 1. The number of carbonyl (C=O) groups excluding carboxylic acids is 1. The van der Waals surface area contributed by atoms with E-state index < -0.39 is 0 Å². The molecule has 3 nitrogen and oxygen atoms in total. The van der Waals surface area contributed by atoms with Gasteiger partial charge in [-0.2, -0.15) is 5.10 Å². The zero-order chi connectivity index (χ0) is 12.6. The van der Waals surface area contributed by atoms with Crippen LogP contribution in [-0.2, 0) is 4.79 Å². The number of nitrogens with zero attached hydrogens (tertiary/aromatic N) is 1. The number of hydrazone groups is 1. The molecule has 1 aromatic carbocycles. The highest BCUT2D eigenvalue weighted by molar-refractivity contribution is 6.30. The number of benzene rings is 1. The highest BCUT2D eigenvalue weighted by Gasteiger charge is 2.60. The molecular formula is C14H15ClN2O. The van der Waals surface area contributed by atoms with Crippen molar-refractivity contribution >= 4 is 23.7 Å². The lowest BCUT2D eigenvalue weighted by molar-refractivity contribution is -0.123. The first kappa shape index (κ1) is 11.7. The topological polar surface area (TPSA) is 41.5 Å². The fraction of sp³-hybridized carbons (Fsp3) is 0.429. The number of hydrogen-bond donors (Lipinski definition) is 1. The summed E-state index contributed by atoms with van der Waals surface area (Å²) in [6.07, 6.45) is 6.37. The van der Waals surface area contributed by atoms with Gasteiger partial charge in [-0.1, -0.05) is 30.2 Å². The summed E-state index contributed by atoms with van der Waals surface area (Å²) in [4.78, 5) is 11.8. The van der Waals surface area contributed by atoms with Crippen LogP contribution in [0, 0.1) is 11.3 Å². The number of hydrogen-bond acceptors (Lipinski definition) is 2. The Labute approximate surface area is 111 Å². The maximum atomic E-state index is 11.8. The Morgan fingerprint density at radius 3 is 2.94 bits per heavy atom. The van der Waals surface area contributed by atoms with Crippen LogP contribution in [0.15, 0.2) is 29.4 Å². The third kappa shape index (κ3) is 2.15. The van der Waals surface area contributed by atoms with E-state index >= 15 is 0 Å². The molecule has 3 rings (SSSR count). The van der Waals surface area contributed by atoms with Gasteiger partial charge < -0.3 is 0 Å². The maximum Gasteiger partial charge on any atom is 0.243 e. The molecule has 1 spiro atoms. The minimum absolute atomic E-state index is 0.0629. The molecule has 0 aromatic heterocycles. The van der Waals surface area contributed by atoms with Gasteiger partial charge in [-0.3, -0.25) is 4.79 Å². The Kier molecular flexibility index (Phi) is 2.86. The lowest BCUT2D eigenvalue weighted by atomic mass is 9.80. The van der Waals surface area contributed by atoms with Crippen LogP contribution >= 0.6 is 11.6 Å². The summed E-state index contributed by atoms with van der Waals surface area (Å²) in [5.41, 5.74) is 3.87. The minimum Gasteiger partial charge on any atom is -0.273 e. The van der Waals surface area contributed by atoms with Crippen LogP contribution in [-0.4, -0.2) is 12.1 Å². The normalized spacial score (nSPS) is 23.9. The number of halogens is 1. The van der Waals surface area contributed by atoms with Crippen LogP contribution in [0.2, 0.25) is 5.02 Å². The maximum absolute atomic E-state index is 11.8. The fourth-order valence-electron chi connectivity index (χ4n) is 2.74. The predicted molar refractivity (Wildman–Crippen MR) is 71.6 cm³/mol. The van der Waals surface area contributed by atoms with Crippen molar-refractivity contribution in [2.24, 2.45) is 16.4 Å².